The van der Waals surface area contributed by atoms with Gasteiger partial charge in [0.05, 0.1) is 52.6 Å². The summed E-state index contributed by atoms with van der Waals surface area (Å²) in [6.07, 6.45) is 10.3. The quantitative estimate of drug-likeness (QED) is 0.287. The molecule has 0 bridgehead atoms. The van der Waals surface area contributed by atoms with Crippen LogP contribution in [0, 0.1) is 0 Å². The number of rotatable bonds is 5. The van der Waals surface area contributed by atoms with Crippen molar-refractivity contribution >= 4 is 11.0 Å². The number of fused-ring (bicyclic) bond motifs is 1. The second kappa shape index (κ2) is 8.96. The summed E-state index contributed by atoms with van der Waals surface area (Å²) >= 11 is 0. The first kappa shape index (κ1) is 21.4. The van der Waals surface area contributed by atoms with E-state index in [4.69, 9.17) is 19.9 Å². The van der Waals surface area contributed by atoms with E-state index in [1.165, 1.54) is 12.8 Å². The maximum atomic E-state index is 4.83. The highest BCUT2D eigenvalue weighted by molar-refractivity contribution is 5.81. The van der Waals surface area contributed by atoms with Crippen LogP contribution in [-0.4, -0.2) is 43.0 Å². The van der Waals surface area contributed by atoms with Crippen molar-refractivity contribution in [2.45, 2.75) is 37.8 Å². The van der Waals surface area contributed by atoms with Crippen molar-refractivity contribution in [2.24, 2.45) is 0 Å². The van der Waals surface area contributed by atoms with Crippen molar-refractivity contribution in [3.8, 4) is 33.8 Å². The Morgan fingerprint density at radius 1 is 0.667 bits per heavy atom. The lowest BCUT2D eigenvalue weighted by Gasteiger charge is -2.05. The van der Waals surface area contributed by atoms with Gasteiger partial charge in [0.15, 0.2) is 0 Å². The Kier molecular flexibility index (Phi) is 5.33. The predicted octanol–water partition coefficient (Wildman–Crippen LogP) is 4.93. The van der Waals surface area contributed by atoms with Gasteiger partial charge in [0, 0.05) is 22.9 Å². The monoisotopic (exact) mass is 476 g/mol. The van der Waals surface area contributed by atoms with Crippen molar-refractivity contribution in [3.05, 3.63) is 72.7 Å². The number of hydrogen-bond acceptors (Lipinski definition) is 6. The minimum atomic E-state index is 0.325. The molecule has 2 fully saturated rings. The molecule has 180 valence electrons. The summed E-state index contributed by atoms with van der Waals surface area (Å²) in [5, 5.41) is 6.99. The van der Waals surface area contributed by atoms with Crippen molar-refractivity contribution in [1.29, 1.82) is 0 Å². The van der Waals surface area contributed by atoms with Gasteiger partial charge in [-0.2, -0.15) is 0 Å². The number of hydrogen-bond donors (Lipinski definition) is 4. The molecule has 7 rings (SSSR count). The minimum absolute atomic E-state index is 0.325. The normalized spacial score (nSPS) is 19.9. The van der Waals surface area contributed by atoms with Crippen LogP contribution in [0.1, 0.15) is 49.4 Å². The fraction of sp³-hybridized carbons (Fsp3) is 0.286. The average molecular weight is 477 g/mol. The molecular weight excluding hydrogens is 448 g/mol. The van der Waals surface area contributed by atoms with E-state index in [-0.39, 0.29) is 0 Å². The van der Waals surface area contributed by atoms with Crippen molar-refractivity contribution in [2.75, 3.05) is 13.1 Å². The molecule has 2 aliphatic heterocycles. The lowest BCUT2D eigenvalue weighted by atomic mass is 10.1. The van der Waals surface area contributed by atoms with Crippen molar-refractivity contribution in [1.82, 2.24) is 40.5 Å². The smallest absolute Gasteiger partial charge is 0.124 e. The molecule has 2 aromatic carbocycles. The molecule has 36 heavy (non-hydrogen) atoms. The Hall–Kier alpha value is -3.88. The van der Waals surface area contributed by atoms with Gasteiger partial charge in [-0.3, -0.25) is 9.97 Å². The number of aromatic nitrogens is 6. The van der Waals surface area contributed by atoms with E-state index in [2.05, 4.69) is 63.1 Å². The van der Waals surface area contributed by atoms with Crippen LogP contribution >= 0.6 is 0 Å². The van der Waals surface area contributed by atoms with E-state index in [0.29, 0.717) is 12.1 Å². The second-order valence-electron chi connectivity index (χ2n) is 9.69. The van der Waals surface area contributed by atoms with Crippen LogP contribution in [0.2, 0.25) is 0 Å². The number of imidazole rings is 2. The molecule has 2 aliphatic rings. The summed E-state index contributed by atoms with van der Waals surface area (Å²) < 4.78 is 0. The van der Waals surface area contributed by atoms with Gasteiger partial charge >= 0.3 is 0 Å². The van der Waals surface area contributed by atoms with Gasteiger partial charge in [-0.25, -0.2) is 9.97 Å². The zero-order valence-corrected chi connectivity index (χ0v) is 20.0. The fourth-order valence-corrected chi connectivity index (χ4v) is 5.29. The second-order valence-corrected chi connectivity index (χ2v) is 9.69. The fourth-order valence-electron chi connectivity index (χ4n) is 5.29. The Morgan fingerprint density at radius 2 is 1.31 bits per heavy atom. The van der Waals surface area contributed by atoms with Gasteiger partial charge in [-0.05, 0) is 50.9 Å². The van der Waals surface area contributed by atoms with E-state index in [1.807, 2.05) is 18.6 Å². The van der Waals surface area contributed by atoms with Crippen LogP contribution in [0.5, 0.6) is 0 Å². The summed E-state index contributed by atoms with van der Waals surface area (Å²) in [7, 11) is 0. The van der Waals surface area contributed by atoms with Gasteiger partial charge in [-0.15, -0.1) is 0 Å². The molecular formula is C28H28N8. The van der Waals surface area contributed by atoms with Gasteiger partial charge in [0.1, 0.15) is 11.6 Å². The molecule has 8 heteroatoms. The first-order valence-electron chi connectivity index (χ1n) is 12.8. The third-order valence-electron chi connectivity index (χ3n) is 7.30. The highest BCUT2D eigenvalue weighted by Gasteiger charge is 2.20. The molecule has 8 nitrogen and oxygen atoms in total. The molecule has 0 saturated carbocycles. The molecule has 0 amide bonds. The van der Waals surface area contributed by atoms with Gasteiger partial charge in [0.25, 0.3) is 0 Å². The highest BCUT2D eigenvalue weighted by atomic mass is 15.0. The van der Waals surface area contributed by atoms with Crippen LogP contribution in [0.3, 0.4) is 0 Å². The van der Waals surface area contributed by atoms with Gasteiger partial charge in [-0.1, -0.05) is 30.3 Å². The molecule has 5 aromatic rings. The number of aromatic amines is 2. The molecule has 2 saturated heterocycles. The topological polar surface area (TPSA) is 107 Å². The number of benzene rings is 2. The highest BCUT2D eigenvalue weighted by Crippen LogP contribution is 2.28. The van der Waals surface area contributed by atoms with Crippen LogP contribution in [-0.2, 0) is 0 Å². The van der Waals surface area contributed by atoms with Gasteiger partial charge < -0.3 is 20.6 Å². The minimum Gasteiger partial charge on any atom is -0.347 e. The molecule has 2 atom stereocenters. The largest absolute Gasteiger partial charge is 0.347 e. The zero-order chi connectivity index (χ0) is 23.9. The van der Waals surface area contributed by atoms with E-state index in [9.17, 15) is 0 Å². The Bertz CT molecular complexity index is 1490. The maximum absolute atomic E-state index is 4.83. The molecule has 5 heterocycles. The van der Waals surface area contributed by atoms with Crippen LogP contribution in [0.25, 0.3) is 44.8 Å². The van der Waals surface area contributed by atoms with E-state index in [1.54, 1.807) is 0 Å². The number of nitrogens with zero attached hydrogens (tertiary/aromatic N) is 4. The molecule has 0 radical (unpaired) electrons. The Labute approximate surface area is 209 Å². The first-order chi connectivity index (χ1) is 17.8. The summed E-state index contributed by atoms with van der Waals surface area (Å²) in [6.45, 7) is 2.12. The van der Waals surface area contributed by atoms with Crippen LogP contribution in [0.4, 0.5) is 0 Å². The molecule has 4 N–H and O–H groups in total. The summed E-state index contributed by atoms with van der Waals surface area (Å²) in [6, 6.07) is 15.2. The lowest BCUT2D eigenvalue weighted by Crippen LogP contribution is -2.14. The summed E-state index contributed by atoms with van der Waals surface area (Å²) in [5.74, 6) is 2.04. The number of nitrogens with one attached hydrogen (secondary N) is 4. The Morgan fingerprint density at radius 3 is 1.97 bits per heavy atom. The van der Waals surface area contributed by atoms with Crippen LogP contribution < -0.4 is 10.6 Å². The molecule has 0 unspecified atom stereocenters. The summed E-state index contributed by atoms with van der Waals surface area (Å²) in [5.41, 5.74) is 7.79. The van der Waals surface area contributed by atoms with Crippen molar-refractivity contribution < 1.29 is 0 Å². The number of H-pyrrole nitrogens is 2. The van der Waals surface area contributed by atoms with E-state index < -0.39 is 0 Å². The standard InChI is InChI=1S/C28H28N8/c1-3-21(29-11-1)27-33-16-26(36-27)18-7-5-17(6-8-18)24-14-32-25(15-31-24)19-9-10-20-23(13-19)35-28(34-20)22-4-2-12-30-22/h5-10,13-16,21-22,29-30H,1-4,11-12H2,(H,33,36)(H,34,35)/t21-,22-/m0/s1. The maximum Gasteiger partial charge on any atom is 0.124 e. The van der Waals surface area contributed by atoms with Crippen LogP contribution in [0.15, 0.2) is 61.1 Å². The first-order valence-corrected chi connectivity index (χ1v) is 12.8. The zero-order valence-electron chi connectivity index (χ0n) is 20.0. The summed E-state index contributed by atoms with van der Waals surface area (Å²) in [4.78, 5) is 25.8. The SMILES string of the molecule is c1cc(-c2c[nH]c([C@@H]3CCCN3)n2)ccc1-c1cnc(-c2ccc3[nH]c([C@@H]4CCCN4)nc3c2)cn1. The predicted molar refractivity (Wildman–Crippen MR) is 140 cm³/mol. The third-order valence-corrected chi connectivity index (χ3v) is 7.30. The lowest BCUT2D eigenvalue weighted by molar-refractivity contribution is 0.613. The van der Waals surface area contributed by atoms with Crippen molar-refractivity contribution in [3.63, 3.8) is 0 Å². The van der Waals surface area contributed by atoms with Gasteiger partial charge in [0.2, 0.25) is 0 Å². The average Bonchev–Trinajstić information content (AvgIpc) is 3.75. The van der Waals surface area contributed by atoms with E-state index in [0.717, 1.165) is 82.4 Å². The molecule has 3 aromatic heterocycles. The molecule has 0 spiro atoms. The Balaban J connectivity index is 1.09. The molecule has 0 aliphatic carbocycles. The van der Waals surface area contributed by atoms with E-state index >= 15 is 0 Å². The third kappa shape index (κ3) is 3.98.